The van der Waals surface area contributed by atoms with E-state index in [9.17, 15) is 4.21 Å². The molecule has 2 rings (SSSR count). The van der Waals surface area contributed by atoms with E-state index in [4.69, 9.17) is 4.42 Å². The first kappa shape index (κ1) is 14.3. The lowest BCUT2D eigenvalue weighted by Gasteiger charge is -2.09. The van der Waals surface area contributed by atoms with Crippen molar-refractivity contribution in [2.24, 2.45) is 0 Å². The number of fused-ring (bicyclic) bond motifs is 1. The van der Waals surface area contributed by atoms with Crippen molar-refractivity contribution < 1.29 is 8.63 Å². The van der Waals surface area contributed by atoms with Crippen LogP contribution in [0.4, 0.5) is 0 Å². The molecular formula is C15H21NO2S. The molecule has 0 aliphatic heterocycles. The molecule has 0 bridgehead atoms. The molecule has 1 aromatic carbocycles. The van der Waals surface area contributed by atoms with E-state index in [1.807, 2.05) is 32.0 Å². The molecule has 0 fully saturated rings. The van der Waals surface area contributed by atoms with Gasteiger partial charge in [0.05, 0.1) is 0 Å². The maximum Gasteiger partial charge on any atom is 0.134 e. The zero-order valence-corrected chi connectivity index (χ0v) is 12.5. The molecule has 0 aliphatic carbocycles. The highest BCUT2D eigenvalue weighted by molar-refractivity contribution is 7.84. The monoisotopic (exact) mass is 279 g/mol. The average Bonchev–Trinajstić information content (AvgIpc) is 2.70. The van der Waals surface area contributed by atoms with Crippen LogP contribution in [0.1, 0.15) is 24.7 Å². The molecule has 104 valence electrons. The maximum absolute atomic E-state index is 11.3. The van der Waals surface area contributed by atoms with Crippen molar-refractivity contribution in [2.75, 3.05) is 12.8 Å². The third kappa shape index (κ3) is 3.45. The summed E-state index contributed by atoms with van der Waals surface area (Å²) in [5, 5.41) is 4.84. The van der Waals surface area contributed by atoms with Crippen LogP contribution in [0.3, 0.4) is 0 Å². The number of nitrogens with one attached hydrogen (secondary N) is 1. The van der Waals surface area contributed by atoms with Crippen LogP contribution in [-0.2, 0) is 17.3 Å². The van der Waals surface area contributed by atoms with Crippen molar-refractivity contribution in [1.82, 2.24) is 5.32 Å². The van der Waals surface area contributed by atoms with Gasteiger partial charge in [-0.25, -0.2) is 0 Å². The lowest BCUT2D eigenvalue weighted by Crippen LogP contribution is -2.21. The predicted octanol–water partition coefficient (Wildman–Crippen LogP) is 2.99. The van der Waals surface area contributed by atoms with E-state index in [1.165, 1.54) is 10.9 Å². The minimum Gasteiger partial charge on any atom is -0.461 e. The number of para-hydroxylation sites is 1. The summed E-state index contributed by atoms with van der Waals surface area (Å²) in [6, 6.07) is 8.10. The Kier molecular flexibility index (Phi) is 4.77. The van der Waals surface area contributed by atoms with E-state index in [0.717, 1.165) is 30.9 Å². The largest absolute Gasteiger partial charge is 0.461 e. The summed E-state index contributed by atoms with van der Waals surface area (Å²) in [5.41, 5.74) is 2.17. The van der Waals surface area contributed by atoms with Crippen molar-refractivity contribution in [3.8, 4) is 0 Å². The van der Waals surface area contributed by atoms with Gasteiger partial charge in [-0.15, -0.1) is 0 Å². The Morgan fingerprint density at radius 3 is 2.84 bits per heavy atom. The Morgan fingerprint density at radius 2 is 2.11 bits per heavy atom. The number of furan rings is 1. The second-order valence-electron chi connectivity index (χ2n) is 4.91. The van der Waals surface area contributed by atoms with Gasteiger partial charge in [-0.1, -0.05) is 25.1 Å². The molecular weight excluding hydrogens is 258 g/mol. The molecule has 1 heterocycles. The first-order chi connectivity index (χ1) is 9.09. The van der Waals surface area contributed by atoms with Gasteiger partial charge in [0.1, 0.15) is 11.3 Å². The summed E-state index contributed by atoms with van der Waals surface area (Å²) in [5.74, 6) is 0.973. The fourth-order valence-electron chi connectivity index (χ4n) is 2.13. The summed E-state index contributed by atoms with van der Waals surface area (Å²) in [6.45, 7) is 5.70. The standard InChI is InChI=1S/C15H21NO2S/c1-11(19(3)17)8-9-16-10-14-12(2)18-15-7-5-4-6-13(14)15/h4-7,11,16H,8-10H2,1-3H3. The van der Waals surface area contributed by atoms with Gasteiger partial charge in [-0.05, 0) is 26.0 Å². The Morgan fingerprint density at radius 1 is 1.37 bits per heavy atom. The zero-order valence-electron chi connectivity index (χ0n) is 11.7. The van der Waals surface area contributed by atoms with Crippen molar-refractivity contribution in [3.05, 3.63) is 35.6 Å². The molecule has 0 saturated carbocycles. The van der Waals surface area contributed by atoms with Crippen LogP contribution in [-0.4, -0.2) is 22.3 Å². The summed E-state index contributed by atoms with van der Waals surface area (Å²) in [7, 11) is -0.736. The molecule has 4 heteroatoms. The smallest absolute Gasteiger partial charge is 0.134 e. The van der Waals surface area contributed by atoms with Gasteiger partial charge in [0.25, 0.3) is 0 Å². The highest BCUT2D eigenvalue weighted by Gasteiger charge is 2.10. The maximum atomic E-state index is 11.3. The van der Waals surface area contributed by atoms with Crippen molar-refractivity contribution in [3.63, 3.8) is 0 Å². The molecule has 19 heavy (non-hydrogen) atoms. The average molecular weight is 279 g/mol. The SMILES string of the molecule is Cc1oc2ccccc2c1CNCCC(C)S(C)=O. The third-order valence-electron chi connectivity index (χ3n) is 3.50. The Balaban J connectivity index is 1.95. The van der Waals surface area contributed by atoms with Crippen molar-refractivity contribution in [2.45, 2.75) is 32.1 Å². The van der Waals surface area contributed by atoms with Crippen LogP contribution in [0, 0.1) is 6.92 Å². The van der Waals surface area contributed by atoms with Gasteiger partial charge in [-0.2, -0.15) is 0 Å². The summed E-state index contributed by atoms with van der Waals surface area (Å²) in [4.78, 5) is 0. The molecule has 2 unspecified atom stereocenters. The van der Waals surface area contributed by atoms with E-state index in [-0.39, 0.29) is 5.25 Å². The van der Waals surface area contributed by atoms with Gasteiger partial charge in [-0.3, -0.25) is 4.21 Å². The highest BCUT2D eigenvalue weighted by atomic mass is 32.2. The van der Waals surface area contributed by atoms with Crippen molar-refractivity contribution in [1.29, 1.82) is 0 Å². The Bertz CT molecular complexity index is 577. The number of hydrogen-bond acceptors (Lipinski definition) is 3. The van der Waals surface area contributed by atoms with E-state index in [2.05, 4.69) is 11.4 Å². The fraction of sp³-hybridized carbons (Fsp3) is 0.467. The lowest BCUT2D eigenvalue weighted by molar-refractivity contribution is 0.562. The summed E-state index contributed by atoms with van der Waals surface area (Å²) in [6.07, 6.45) is 2.69. The number of rotatable bonds is 6. The van der Waals surface area contributed by atoms with E-state index in [0.29, 0.717) is 0 Å². The fourth-order valence-corrected chi connectivity index (χ4v) is 2.58. The van der Waals surface area contributed by atoms with Crippen LogP contribution < -0.4 is 5.32 Å². The third-order valence-corrected chi connectivity index (χ3v) is 4.87. The number of hydrogen-bond donors (Lipinski definition) is 1. The van der Waals surface area contributed by atoms with Crippen LogP contribution in [0.15, 0.2) is 28.7 Å². The molecule has 0 spiro atoms. The van der Waals surface area contributed by atoms with Crippen LogP contribution >= 0.6 is 0 Å². The van der Waals surface area contributed by atoms with Gasteiger partial charge in [0, 0.05) is 39.8 Å². The van der Waals surface area contributed by atoms with Crippen LogP contribution in [0.2, 0.25) is 0 Å². The van der Waals surface area contributed by atoms with Gasteiger partial charge in [0.2, 0.25) is 0 Å². The van der Waals surface area contributed by atoms with E-state index >= 15 is 0 Å². The van der Waals surface area contributed by atoms with Crippen LogP contribution in [0.25, 0.3) is 11.0 Å². The second kappa shape index (κ2) is 6.35. The zero-order chi connectivity index (χ0) is 13.8. The summed E-state index contributed by atoms with van der Waals surface area (Å²) < 4.78 is 17.0. The molecule has 2 aromatic rings. The number of aryl methyl sites for hydroxylation is 1. The Hall–Kier alpha value is -1.13. The molecule has 2 atom stereocenters. The molecule has 1 aromatic heterocycles. The van der Waals surface area contributed by atoms with E-state index in [1.54, 1.807) is 6.26 Å². The lowest BCUT2D eigenvalue weighted by atomic mass is 10.1. The normalized spacial score (nSPS) is 14.7. The Labute approximate surface area is 116 Å². The first-order valence-electron chi connectivity index (χ1n) is 6.59. The topological polar surface area (TPSA) is 42.2 Å². The summed E-state index contributed by atoms with van der Waals surface area (Å²) >= 11 is 0. The molecule has 0 aliphatic rings. The minimum atomic E-state index is -0.736. The second-order valence-corrected chi connectivity index (χ2v) is 6.71. The molecule has 0 radical (unpaired) electrons. The van der Waals surface area contributed by atoms with Gasteiger partial charge >= 0.3 is 0 Å². The minimum absolute atomic E-state index is 0.245. The first-order valence-corrected chi connectivity index (χ1v) is 8.21. The predicted molar refractivity (Wildman–Crippen MR) is 80.8 cm³/mol. The van der Waals surface area contributed by atoms with Gasteiger partial charge < -0.3 is 9.73 Å². The number of benzene rings is 1. The molecule has 0 amide bonds. The van der Waals surface area contributed by atoms with Gasteiger partial charge in [0.15, 0.2) is 0 Å². The van der Waals surface area contributed by atoms with Crippen molar-refractivity contribution >= 4 is 21.8 Å². The molecule has 3 nitrogen and oxygen atoms in total. The molecule has 0 saturated heterocycles. The quantitative estimate of drug-likeness (QED) is 0.827. The highest BCUT2D eigenvalue weighted by Crippen LogP contribution is 2.24. The van der Waals surface area contributed by atoms with Crippen LogP contribution in [0.5, 0.6) is 0 Å². The van der Waals surface area contributed by atoms with E-state index < -0.39 is 10.8 Å². The molecule has 1 N–H and O–H groups in total.